The molecule has 0 spiro atoms. The molecule has 0 bridgehead atoms. The lowest BCUT2D eigenvalue weighted by Crippen LogP contribution is -2.39. The summed E-state index contributed by atoms with van der Waals surface area (Å²) < 4.78 is 13.5. The van der Waals surface area contributed by atoms with Gasteiger partial charge in [0.25, 0.3) is 0 Å². The summed E-state index contributed by atoms with van der Waals surface area (Å²) in [5, 5.41) is 16.7. The number of aliphatic hydroxyl groups excluding tert-OH is 1. The zero-order valence-corrected chi connectivity index (χ0v) is 23.6. The summed E-state index contributed by atoms with van der Waals surface area (Å²) in [6.07, 6.45) is 7.59. The van der Waals surface area contributed by atoms with Crippen molar-refractivity contribution in [1.82, 2.24) is 9.97 Å². The predicted octanol–water partition coefficient (Wildman–Crippen LogP) is 7.84. The maximum atomic E-state index is 13.5. The molecule has 2 N–H and O–H groups in total. The van der Waals surface area contributed by atoms with Crippen LogP contribution >= 0.6 is 34.7 Å². The number of hydrogen-bond acceptors (Lipinski definition) is 6. The van der Waals surface area contributed by atoms with E-state index in [2.05, 4.69) is 5.32 Å². The Labute approximate surface area is 236 Å². The van der Waals surface area contributed by atoms with Crippen molar-refractivity contribution in [1.29, 1.82) is 0 Å². The normalized spacial score (nSPS) is 21.1. The Bertz CT molecular complexity index is 1430. The standard InChI is InChI=1S/C30H31ClFN3OS2/c31-20-9-13-22(14-10-20)37-17-26-34-28(27-23-4-1-2-5-24(23)38-29(27)35-26)33-18-30(15-3-6-25(30)36)16-19-7-11-21(32)12-8-19/h7-14,25,36H,1-6,15-18H2,(H,33,34,35). The monoisotopic (exact) mass is 567 g/mol. The minimum absolute atomic E-state index is 0.234. The quantitative estimate of drug-likeness (QED) is 0.212. The summed E-state index contributed by atoms with van der Waals surface area (Å²) in [5.41, 5.74) is 2.13. The topological polar surface area (TPSA) is 58.0 Å². The number of fused-ring (bicyclic) bond motifs is 3. The van der Waals surface area contributed by atoms with E-state index in [0.717, 1.165) is 69.4 Å². The second-order valence-electron chi connectivity index (χ2n) is 10.5. The van der Waals surface area contributed by atoms with Crippen LogP contribution in [0.4, 0.5) is 10.2 Å². The van der Waals surface area contributed by atoms with Gasteiger partial charge in [-0.1, -0.05) is 30.2 Å². The molecule has 0 radical (unpaired) electrons. The van der Waals surface area contributed by atoms with E-state index in [-0.39, 0.29) is 11.2 Å². The summed E-state index contributed by atoms with van der Waals surface area (Å²) >= 11 is 9.57. The molecule has 2 aromatic heterocycles. The fraction of sp³-hybridized carbons (Fsp3) is 0.400. The molecule has 2 atom stereocenters. The van der Waals surface area contributed by atoms with E-state index < -0.39 is 6.10 Å². The number of aryl methyl sites for hydroxylation is 2. The molecule has 1 fully saturated rings. The Morgan fingerprint density at radius 3 is 2.61 bits per heavy atom. The van der Waals surface area contributed by atoms with E-state index in [1.54, 1.807) is 11.8 Å². The minimum atomic E-state index is -0.409. The van der Waals surface area contributed by atoms with Crippen molar-refractivity contribution in [3.63, 3.8) is 0 Å². The number of nitrogens with zero attached hydrogens (tertiary/aromatic N) is 2. The number of aromatic nitrogens is 2. The number of benzene rings is 2. The van der Waals surface area contributed by atoms with Gasteiger partial charge in [0.2, 0.25) is 0 Å². The van der Waals surface area contributed by atoms with Crippen LogP contribution in [0.25, 0.3) is 10.2 Å². The SMILES string of the molecule is OC1CCCC1(CNc1nc(CSc2ccc(Cl)cc2)nc2sc3c(c12)CCCC3)Cc1ccc(F)cc1. The van der Waals surface area contributed by atoms with Crippen LogP contribution in [-0.4, -0.2) is 27.7 Å². The van der Waals surface area contributed by atoms with Gasteiger partial charge in [-0.15, -0.1) is 23.1 Å². The van der Waals surface area contributed by atoms with Crippen LogP contribution in [0.3, 0.4) is 0 Å². The second kappa shape index (κ2) is 11.1. The zero-order valence-electron chi connectivity index (χ0n) is 21.2. The average molecular weight is 568 g/mol. The Morgan fingerprint density at radius 2 is 1.84 bits per heavy atom. The molecule has 2 aliphatic rings. The molecular formula is C30H31ClFN3OS2. The van der Waals surface area contributed by atoms with Crippen molar-refractivity contribution < 1.29 is 9.50 Å². The summed E-state index contributed by atoms with van der Waals surface area (Å²) in [7, 11) is 0. The van der Waals surface area contributed by atoms with Crippen LogP contribution in [0, 0.1) is 11.2 Å². The van der Waals surface area contributed by atoms with Gasteiger partial charge in [0.15, 0.2) is 0 Å². The third kappa shape index (κ3) is 5.44. The third-order valence-corrected chi connectivity index (χ3v) is 10.4. The van der Waals surface area contributed by atoms with E-state index >= 15 is 0 Å². The summed E-state index contributed by atoms with van der Waals surface area (Å²) in [5.74, 6) is 2.12. The number of halogens is 2. The predicted molar refractivity (Wildman–Crippen MR) is 156 cm³/mol. The molecular weight excluding hydrogens is 537 g/mol. The number of anilines is 1. The number of thiophene rings is 1. The van der Waals surface area contributed by atoms with Gasteiger partial charge in [-0.2, -0.15) is 0 Å². The Morgan fingerprint density at radius 1 is 1.05 bits per heavy atom. The summed E-state index contributed by atoms with van der Waals surface area (Å²) in [6, 6.07) is 14.6. The van der Waals surface area contributed by atoms with Gasteiger partial charge in [0.1, 0.15) is 22.3 Å². The van der Waals surface area contributed by atoms with Gasteiger partial charge >= 0.3 is 0 Å². The van der Waals surface area contributed by atoms with Crippen LogP contribution in [0.15, 0.2) is 53.4 Å². The van der Waals surface area contributed by atoms with Crippen LogP contribution in [0.2, 0.25) is 5.02 Å². The smallest absolute Gasteiger partial charge is 0.142 e. The molecule has 4 nitrogen and oxygen atoms in total. The molecule has 2 heterocycles. The highest BCUT2D eigenvalue weighted by Crippen LogP contribution is 2.43. The van der Waals surface area contributed by atoms with Gasteiger partial charge in [-0.3, -0.25) is 0 Å². The highest BCUT2D eigenvalue weighted by molar-refractivity contribution is 7.98. The molecule has 1 saturated carbocycles. The molecule has 0 saturated heterocycles. The molecule has 6 rings (SSSR count). The molecule has 0 aliphatic heterocycles. The van der Waals surface area contributed by atoms with Gasteiger partial charge in [0, 0.05) is 26.8 Å². The fourth-order valence-electron chi connectivity index (χ4n) is 5.94. The first-order chi connectivity index (χ1) is 18.5. The van der Waals surface area contributed by atoms with Crippen molar-refractivity contribution in [2.45, 2.75) is 68.1 Å². The molecule has 2 unspecified atom stereocenters. The third-order valence-electron chi connectivity index (χ3n) is 7.98. The van der Waals surface area contributed by atoms with Crippen molar-refractivity contribution >= 4 is 50.7 Å². The van der Waals surface area contributed by atoms with E-state index in [1.807, 2.05) is 47.7 Å². The Balaban J connectivity index is 1.30. The van der Waals surface area contributed by atoms with Crippen LogP contribution in [-0.2, 0) is 25.0 Å². The van der Waals surface area contributed by atoms with Crippen LogP contribution < -0.4 is 5.32 Å². The molecule has 8 heteroatoms. The molecule has 4 aromatic rings. The number of hydrogen-bond donors (Lipinski definition) is 2. The summed E-state index contributed by atoms with van der Waals surface area (Å²) in [6.45, 7) is 0.617. The fourth-order valence-corrected chi connectivity index (χ4v) is 8.10. The highest BCUT2D eigenvalue weighted by atomic mass is 35.5. The largest absolute Gasteiger partial charge is 0.392 e. The van der Waals surface area contributed by atoms with Crippen LogP contribution in [0.5, 0.6) is 0 Å². The van der Waals surface area contributed by atoms with Crippen molar-refractivity contribution in [2.75, 3.05) is 11.9 Å². The van der Waals surface area contributed by atoms with Crippen molar-refractivity contribution in [2.24, 2.45) is 5.41 Å². The van der Waals surface area contributed by atoms with Gasteiger partial charge in [-0.25, -0.2) is 14.4 Å². The van der Waals surface area contributed by atoms with E-state index in [4.69, 9.17) is 21.6 Å². The van der Waals surface area contributed by atoms with Gasteiger partial charge in [-0.05, 0) is 92.5 Å². The van der Waals surface area contributed by atoms with E-state index in [1.165, 1.54) is 35.4 Å². The minimum Gasteiger partial charge on any atom is -0.392 e. The molecule has 198 valence electrons. The highest BCUT2D eigenvalue weighted by Gasteiger charge is 2.42. The Hall–Kier alpha value is -2.19. The van der Waals surface area contributed by atoms with Gasteiger partial charge < -0.3 is 10.4 Å². The number of nitrogens with one attached hydrogen (secondary N) is 1. The van der Waals surface area contributed by atoms with Crippen molar-refractivity contribution in [3.8, 4) is 0 Å². The molecule has 38 heavy (non-hydrogen) atoms. The lowest BCUT2D eigenvalue weighted by atomic mass is 9.78. The molecule has 2 aromatic carbocycles. The van der Waals surface area contributed by atoms with Gasteiger partial charge in [0.05, 0.1) is 17.2 Å². The second-order valence-corrected chi connectivity index (χ2v) is 13.1. The zero-order chi connectivity index (χ0) is 26.1. The summed E-state index contributed by atoms with van der Waals surface area (Å²) in [4.78, 5) is 13.7. The first-order valence-corrected chi connectivity index (χ1v) is 15.5. The number of rotatable bonds is 8. The average Bonchev–Trinajstić information content (AvgIpc) is 3.48. The number of aliphatic hydroxyl groups is 1. The lowest BCUT2D eigenvalue weighted by molar-refractivity contribution is 0.0619. The molecule has 2 aliphatic carbocycles. The first-order valence-electron chi connectivity index (χ1n) is 13.3. The van der Waals surface area contributed by atoms with Crippen molar-refractivity contribution in [3.05, 3.63) is 81.2 Å². The van der Waals surface area contributed by atoms with Crippen LogP contribution in [0.1, 0.15) is 53.9 Å². The van der Waals surface area contributed by atoms with E-state index in [9.17, 15) is 9.50 Å². The van der Waals surface area contributed by atoms with E-state index in [0.29, 0.717) is 18.7 Å². The maximum absolute atomic E-state index is 13.5. The Kier molecular flexibility index (Phi) is 7.63. The molecule has 0 amide bonds. The maximum Gasteiger partial charge on any atom is 0.142 e. The first kappa shape index (κ1) is 26.1. The number of thioether (sulfide) groups is 1. The lowest BCUT2D eigenvalue weighted by Gasteiger charge is -2.33.